The van der Waals surface area contributed by atoms with Gasteiger partial charge in [-0.3, -0.25) is 4.99 Å². The number of anilines is 2. The van der Waals surface area contributed by atoms with Crippen molar-refractivity contribution in [2.75, 3.05) is 36.4 Å². The number of benzene rings is 1. The van der Waals surface area contributed by atoms with Crippen LogP contribution in [0, 0.1) is 5.41 Å². The van der Waals surface area contributed by atoms with E-state index in [0.717, 1.165) is 53.2 Å². The van der Waals surface area contributed by atoms with Crippen LogP contribution in [0.5, 0.6) is 0 Å². The maximum atomic E-state index is 4.64. The van der Waals surface area contributed by atoms with E-state index in [2.05, 4.69) is 67.4 Å². The zero-order valence-electron chi connectivity index (χ0n) is 18.7. The maximum Gasteiger partial charge on any atom is 0.130 e. The van der Waals surface area contributed by atoms with Crippen LogP contribution in [-0.4, -0.2) is 42.4 Å². The first kappa shape index (κ1) is 20.1. The predicted octanol–water partition coefficient (Wildman–Crippen LogP) is 4.72. The highest BCUT2D eigenvalue weighted by molar-refractivity contribution is 5.91. The molecule has 0 amide bonds. The van der Waals surface area contributed by atoms with Gasteiger partial charge in [0.05, 0.1) is 0 Å². The standard InChI is InChI=1S/C27H28N6/c1-19(20-5-9-30-26(14-20)33-10-6-27(7-11-33)17-29-18-27)32-25-13-24-12-21(23-4-8-28-15-23)2-3-22(24)16-31-25/h2-3,5,8-9,12-16,29H,1,4,6-7,10-11,17-18H2,(H,31,32). The number of aromatic nitrogens is 2. The molecule has 166 valence electrons. The number of fused-ring (bicyclic) bond motifs is 1. The average Bonchev–Trinajstić information content (AvgIpc) is 3.38. The van der Waals surface area contributed by atoms with Gasteiger partial charge >= 0.3 is 0 Å². The van der Waals surface area contributed by atoms with Gasteiger partial charge in [-0.1, -0.05) is 18.7 Å². The molecule has 2 saturated heterocycles. The summed E-state index contributed by atoms with van der Waals surface area (Å²) in [7, 11) is 0. The Labute approximate surface area is 194 Å². The zero-order chi connectivity index (χ0) is 22.3. The average molecular weight is 437 g/mol. The van der Waals surface area contributed by atoms with Crippen LogP contribution in [0.25, 0.3) is 22.0 Å². The summed E-state index contributed by atoms with van der Waals surface area (Å²) in [4.78, 5) is 15.9. The number of aliphatic imine (C=N–C) groups is 1. The number of hydrogen-bond acceptors (Lipinski definition) is 6. The first-order valence-corrected chi connectivity index (χ1v) is 11.7. The van der Waals surface area contributed by atoms with E-state index in [1.54, 1.807) is 0 Å². The Morgan fingerprint density at radius 2 is 1.91 bits per heavy atom. The van der Waals surface area contributed by atoms with Crippen molar-refractivity contribution in [3.05, 3.63) is 72.7 Å². The molecule has 0 bridgehead atoms. The fraction of sp³-hybridized carbons (Fsp3) is 0.296. The first-order valence-electron chi connectivity index (χ1n) is 11.7. The lowest BCUT2D eigenvalue weighted by atomic mass is 9.73. The molecule has 0 unspecified atom stereocenters. The van der Waals surface area contributed by atoms with Crippen LogP contribution in [-0.2, 0) is 0 Å². The van der Waals surface area contributed by atoms with Gasteiger partial charge in [0.15, 0.2) is 0 Å². The molecule has 2 N–H and O–H groups in total. The Morgan fingerprint density at radius 3 is 2.67 bits per heavy atom. The Morgan fingerprint density at radius 1 is 1.03 bits per heavy atom. The van der Waals surface area contributed by atoms with E-state index in [4.69, 9.17) is 0 Å². The third-order valence-corrected chi connectivity index (χ3v) is 7.26. The molecule has 0 aliphatic carbocycles. The van der Waals surface area contributed by atoms with E-state index in [0.29, 0.717) is 5.41 Å². The Kier molecular flexibility index (Phi) is 4.95. The molecule has 0 radical (unpaired) electrons. The van der Waals surface area contributed by atoms with Gasteiger partial charge in [-0.25, -0.2) is 9.97 Å². The third-order valence-electron chi connectivity index (χ3n) is 7.26. The zero-order valence-corrected chi connectivity index (χ0v) is 18.7. The summed E-state index contributed by atoms with van der Waals surface area (Å²) in [6, 6.07) is 12.7. The fourth-order valence-corrected chi connectivity index (χ4v) is 5.00. The van der Waals surface area contributed by atoms with Crippen molar-refractivity contribution in [1.82, 2.24) is 15.3 Å². The molecule has 2 aromatic heterocycles. The van der Waals surface area contributed by atoms with E-state index in [1.807, 2.05) is 30.9 Å². The minimum absolute atomic E-state index is 0.530. The van der Waals surface area contributed by atoms with Crippen LogP contribution in [0.3, 0.4) is 0 Å². The smallest absolute Gasteiger partial charge is 0.130 e. The normalized spacial score (nSPS) is 18.9. The second-order valence-electron chi connectivity index (χ2n) is 9.42. The lowest BCUT2D eigenvalue weighted by Gasteiger charge is -2.48. The number of nitrogens with one attached hydrogen (secondary N) is 2. The van der Waals surface area contributed by atoms with Crippen molar-refractivity contribution in [3.8, 4) is 0 Å². The van der Waals surface area contributed by atoms with Gasteiger partial charge in [0.2, 0.25) is 0 Å². The summed E-state index contributed by atoms with van der Waals surface area (Å²) in [5.41, 5.74) is 4.84. The van der Waals surface area contributed by atoms with Crippen molar-refractivity contribution < 1.29 is 0 Å². The Bertz CT molecular complexity index is 1280. The molecule has 5 heterocycles. The summed E-state index contributed by atoms with van der Waals surface area (Å²) < 4.78 is 0. The number of allylic oxidation sites excluding steroid dienone is 1. The van der Waals surface area contributed by atoms with Crippen LogP contribution < -0.4 is 15.5 Å². The van der Waals surface area contributed by atoms with Crippen LogP contribution in [0.15, 0.2) is 66.6 Å². The largest absolute Gasteiger partial charge is 0.357 e. The molecule has 3 aromatic rings. The molecular weight excluding hydrogens is 408 g/mol. The van der Waals surface area contributed by atoms with Crippen LogP contribution in [0.4, 0.5) is 11.6 Å². The molecule has 1 spiro atoms. The summed E-state index contributed by atoms with van der Waals surface area (Å²) in [6.07, 6.45) is 11.0. The molecule has 33 heavy (non-hydrogen) atoms. The number of piperidine rings is 1. The molecule has 0 atom stereocenters. The summed E-state index contributed by atoms with van der Waals surface area (Å²) in [5.74, 6) is 1.82. The van der Waals surface area contributed by atoms with Crippen LogP contribution >= 0.6 is 0 Å². The highest BCUT2D eigenvalue weighted by atomic mass is 15.2. The van der Waals surface area contributed by atoms with E-state index in [1.165, 1.54) is 37.1 Å². The number of rotatable bonds is 5. The van der Waals surface area contributed by atoms with Gasteiger partial charge in [-0.15, -0.1) is 0 Å². The fourth-order valence-electron chi connectivity index (χ4n) is 5.00. The molecular formula is C27H28N6. The highest BCUT2D eigenvalue weighted by Crippen LogP contribution is 2.36. The molecule has 2 fully saturated rings. The van der Waals surface area contributed by atoms with Gasteiger partial charge < -0.3 is 15.5 Å². The van der Waals surface area contributed by atoms with E-state index >= 15 is 0 Å². The SMILES string of the molecule is C=C(Nc1cc2cc(C3=CN=CC3)ccc2cn1)c1ccnc(N2CCC3(CC2)CNC3)c1. The minimum Gasteiger partial charge on any atom is -0.357 e. The second kappa shape index (κ2) is 8.12. The Hall–Kier alpha value is -3.51. The Balaban J connectivity index is 1.18. The molecule has 6 nitrogen and oxygen atoms in total. The van der Waals surface area contributed by atoms with Gasteiger partial charge in [-0.05, 0) is 59.0 Å². The monoisotopic (exact) mass is 436 g/mol. The van der Waals surface area contributed by atoms with Crippen molar-refractivity contribution in [3.63, 3.8) is 0 Å². The molecule has 6 rings (SSSR count). The quantitative estimate of drug-likeness (QED) is 0.606. The molecule has 3 aliphatic rings. The predicted molar refractivity (Wildman–Crippen MR) is 136 cm³/mol. The number of nitrogens with zero attached hydrogens (tertiary/aromatic N) is 4. The lowest BCUT2D eigenvalue weighted by Crippen LogP contribution is -2.58. The van der Waals surface area contributed by atoms with Gasteiger partial charge in [0, 0.05) is 74.1 Å². The van der Waals surface area contributed by atoms with E-state index < -0.39 is 0 Å². The third kappa shape index (κ3) is 3.91. The number of pyridine rings is 2. The van der Waals surface area contributed by atoms with Crippen molar-refractivity contribution in [1.29, 1.82) is 0 Å². The maximum absolute atomic E-state index is 4.64. The molecule has 0 saturated carbocycles. The van der Waals surface area contributed by atoms with Crippen molar-refractivity contribution in [2.24, 2.45) is 10.4 Å². The van der Waals surface area contributed by atoms with Gasteiger partial charge in [-0.2, -0.15) is 0 Å². The lowest BCUT2D eigenvalue weighted by molar-refractivity contribution is 0.126. The van der Waals surface area contributed by atoms with Gasteiger partial charge in [0.1, 0.15) is 11.6 Å². The van der Waals surface area contributed by atoms with E-state index in [9.17, 15) is 0 Å². The highest BCUT2D eigenvalue weighted by Gasteiger charge is 2.39. The minimum atomic E-state index is 0.530. The second-order valence-corrected chi connectivity index (χ2v) is 9.42. The van der Waals surface area contributed by atoms with Crippen LogP contribution in [0.1, 0.15) is 30.4 Å². The molecule has 1 aromatic carbocycles. The summed E-state index contributed by atoms with van der Waals surface area (Å²) in [5, 5.41) is 9.10. The van der Waals surface area contributed by atoms with E-state index in [-0.39, 0.29) is 0 Å². The molecule has 6 heteroatoms. The van der Waals surface area contributed by atoms with Gasteiger partial charge in [0.25, 0.3) is 0 Å². The number of hydrogen-bond donors (Lipinski definition) is 2. The topological polar surface area (TPSA) is 65.4 Å². The molecule has 3 aliphatic heterocycles. The summed E-state index contributed by atoms with van der Waals surface area (Å²) in [6.45, 7) is 8.74. The van der Waals surface area contributed by atoms with Crippen molar-refractivity contribution in [2.45, 2.75) is 19.3 Å². The summed E-state index contributed by atoms with van der Waals surface area (Å²) >= 11 is 0. The van der Waals surface area contributed by atoms with Crippen LogP contribution in [0.2, 0.25) is 0 Å². The first-order chi connectivity index (χ1) is 16.2. The van der Waals surface area contributed by atoms with Crippen molar-refractivity contribution >= 4 is 39.9 Å².